The molecule has 1 aliphatic rings. The summed E-state index contributed by atoms with van der Waals surface area (Å²) in [5.41, 5.74) is -0.440. The molecule has 1 saturated heterocycles. The normalized spacial score (nSPS) is 18.4. The van der Waals surface area contributed by atoms with Gasteiger partial charge in [-0.15, -0.1) is 0 Å². The van der Waals surface area contributed by atoms with Gasteiger partial charge < -0.3 is 4.74 Å². The van der Waals surface area contributed by atoms with Crippen molar-refractivity contribution in [3.8, 4) is 22.3 Å². The number of allylic oxidation sites excluding steroid dienone is 1. The van der Waals surface area contributed by atoms with Crippen LogP contribution < -0.4 is 0 Å². The summed E-state index contributed by atoms with van der Waals surface area (Å²) in [7, 11) is 0. The zero-order valence-corrected chi connectivity index (χ0v) is 19.7. The van der Waals surface area contributed by atoms with Crippen molar-refractivity contribution in [3.05, 3.63) is 88.8 Å². The van der Waals surface area contributed by atoms with Crippen molar-refractivity contribution in [2.24, 2.45) is 5.92 Å². The molecule has 0 spiro atoms. The van der Waals surface area contributed by atoms with E-state index >= 15 is 8.78 Å². The van der Waals surface area contributed by atoms with Crippen molar-refractivity contribution in [3.63, 3.8) is 0 Å². The molecule has 0 N–H and O–H groups in total. The molecule has 4 rings (SSSR count). The maximum absolute atomic E-state index is 15.0. The Balaban J connectivity index is 1.64. The van der Waals surface area contributed by atoms with E-state index in [0.717, 1.165) is 25.3 Å². The lowest BCUT2D eigenvalue weighted by Gasteiger charge is -2.29. The maximum Gasteiger partial charge on any atom is 0.167 e. The summed E-state index contributed by atoms with van der Waals surface area (Å²) in [6.07, 6.45) is 6.14. The monoisotopic (exact) mass is 486 g/mol. The quantitative estimate of drug-likeness (QED) is 0.316. The topological polar surface area (TPSA) is 9.23 Å². The number of ether oxygens (including phenoxy) is 1. The number of halogens is 5. The minimum Gasteiger partial charge on any atom is -0.373 e. The summed E-state index contributed by atoms with van der Waals surface area (Å²) >= 11 is 0. The molecule has 6 heteroatoms. The average Bonchev–Trinajstić information content (AvgIpc) is 2.85. The number of hydrogen-bond acceptors (Lipinski definition) is 1. The van der Waals surface area contributed by atoms with E-state index in [4.69, 9.17) is 4.74 Å². The highest BCUT2D eigenvalue weighted by atomic mass is 19.2. The zero-order valence-electron chi connectivity index (χ0n) is 19.7. The fourth-order valence-corrected chi connectivity index (χ4v) is 4.70. The summed E-state index contributed by atoms with van der Waals surface area (Å²) in [4.78, 5) is 0. The molecule has 1 aliphatic heterocycles. The lowest BCUT2D eigenvalue weighted by Crippen LogP contribution is -2.21. The van der Waals surface area contributed by atoms with Gasteiger partial charge in [0.05, 0.1) is 12.7 Å². The highest BCUT2D eigenvalue weighted by Gasteiger charge is 2.28. The molecule has 3 aromatic rings. The predicted molar refractivity (Wildman–Crippen MR) is 128 cm³/mol. The van der Waals surface area contributed by atoms with E-state index in [2.05, 4.69) is 6.92 Å². The standard InChI is InChI=1S/C29H27F5O/c1-3-5-17-7-14-25(35-16-17)23-13-12-22(28(33)29(23)34)21-11-10-20(26(31)27(21)32)19-9-8-18(6-4-2)24(30)15-19/h4,6,8-13,15,17,25H,3,5,7,14,16H2,1-2H3/b6-4+. The molecule has 0 aromatic heterocycles. The van der Waals surface area contributed by atoms with Gasteiger partial charge >= 0.3 is 0 Å². The molecule has 2 unspecified atom stereocenters. The van der Waals surface area contributed by atoms with Crippen LogP contribution in [-0.2, 0) is 4.74 Å². The zero-order chi connectivity index (χ0) is 25.1. The lowest BCUT2D eigenvalue weighted by atomic mass is 9.90. The summed E-state index contributed by atoms with van der Waals surface area (Å²) in [6.45, 7) is 4.31. The van der Waals surface area contributed by atoms with Crippen LogP contribution in [0.5, 0.6) is 0 Å². The van der Waals surface area contributed by atoms with Crippen molar-refractivity contribution in [1.29, 1.82) is 0 Å². The van der Waals surface area contributed by atoms with Crippen LogP contribution in [0.1, 0.15) is 56.8 Å². The first-order chi connectivity index (χ1) is 16.8. The van der Waals surface area contributed by atoms with Gasteiger partial charge in [0.2, 0.25) is 0 Å². The third kappa shape index (κ3) is 5.03. The van der Waals surface area contributed by atoms with Gasteiger partial charge in [0, 0.05) is 27.8 Å². The second kappa shape index (κ2) is 10.7. The SMILES string of the molecule is C/C=C/c1ccc(-c2ccc(-c3ccc(C4CCC(CCC)CO4)c(F)c3F)c(F)c2F)cc1F. The van der Waals surface area contributed by atoms with Gasteiger partial charge in [0.25, 0.3) is 0 Å². The van der Waals surface area contributed by atoms with Crippen molar-refractivity contribution in [1.82, 2.24) is 0 Å². The molecular weight excluding hydrogens is 459 g/mol. The van der Waals surface area contributed by atoms with Crippen LogP contribution in [0, 0.1) is 35.0 Å². The van der Waals surface area contributed by atoms with Crippen molar-refractivity contribution < 1.29 is 26.7 Å². The minimum atomic E-state index is -1.33. The van der Waals surface area contributed by atoms with Crippen molar-refractivity contribution >= 4 is 6.08 Å². The number of benzene rings is 3. The fourth-order valence-electron chi connectivity index (χ4n) is 4.70. The Hall–Kier alpha value is -2.99. The Labute approximate surface area is 202 Å². The van der Waals surface area contributed by atoms with Crippen molar-refractivity contribution in [2.75, 3.05) is 6.61 Å². The molecular formula is C29H27F5O. The molecule has 184 valence electrons. The van der Waals surface area contributed by atoms with E-state index in [9.17, 15) is 13.2 Å². The first-order valence-corrected chi connectivity index (χ1v) is 11.9. The molecule has 0 radical (unpaired) electrons. The Kier molecular flexibility index (Phi) is 7.70. The molecule has 35 heavy (non-hydrogen) atoms. The number of hydrogen-bond donors (Lipinski definition) is 0. The summed E-state index contributed by atoms with van der Waals surface area (Å²) in [5, 5.41) is 0. The van der Waals surface area contributed by atoms with Crippen LogP contribution >= 0.6 is 0 Å². The van der Waals surface area contributed by atoms with E-state index in [0.29, 0.717) is 24.5 Å². The van der Waals surface area contributed by atoms with Crippen LogP contribution in [0.2, 0.25) is 0 Å². The summed E-state index contributed by atoms with van der Waals surface area (Å²) < 4.78 is 80.1. The predicted octanol–water partition coefficient (Wildman–Crippen LogP) is 9.02. The van der Waals surface area contributed by atoms with Gasteiger partial charge in [0.15, 0.2) is 23.3 Å². The van der Waals surface area contributed by atoms with E-state index in [1.54, 1.807) is 19.1 Å². The Morgan fingerprint density at radius 1 is 0.829 bits per heavy atom. The van der Waals surface area contributed by atoms with E-state index in [1.807, 2.05) is 0 Å². The average molecular weight is 487 g/mol. The maximum atomic E-state index is 15.0. The van der Waals surface area contributed by atoms with Crippen LogP contribution in [-0.4, -0.2) is 6.61 Å². The Bertz CT molecular complexity index is 1240. The summed E-state index contributed by atoms with van der Waals surface area (Å²) in [6, 6.07) is 9.08. The van der Waals surface area contributed by atoms with Gasteiger partial charge in [-0.25, -0.2) is 22.0 Å². The second-order valence-electron chi connectivity index (χ2n) is 8.91. The molecule has 1 nitrogen and oxygen atoms in total. The van der Waals surface area contributed by atoms with Crippen LogP contribution in [0.4, 0.5) is 22.0 Å². The Morgan fingerprint density at radius 3 is 2.11 bits per heavy atom. The van der Waals surface area contributed by atoms with Crippen molar-refractivity contribution in [2.45, 2.75) is 45.6 Å². The molecule has 0 saturated carbocycles. The molecule has 0 aliphatic carbocycles. The van der Waals surface area contributed by atoms with E-state index in [1.165, 1.54) is 36.4 Å². The summed E-state index contributed by atoms with van der Waals surface area (Å²) in [5.74, 6) is -5.14. The Morgan fingerprint density at radius 2 is 1.49 bits per heavy atom. The van der Waals surface area contributed by atoms with Crippen LogP contribution in [0.25, 0.3) is 28.3 Å². The molecule has 2 atom stereocenters. The number of rotatable bonds is 6. The van der Waals surface area contributed by atoms with Gasteiger partial charge in [-0.2, -0.15) is 0 Å². The third-order valence-electron chi connectivity index (χ3n) is 6.56. The van der Waals surface area contributed by atoms with Gasteiger partial charge in [-0.05, 0) is 43.7 Å². The van der Waals surface area contributed by atoms with Gasteiger partial charge in [-0.1, -0.05) is 61.9 Å². The van der Waals surface area contributed by atoms with Crippen LogP contribution in [0.15, 0.2) is 48.5 Å². The van der Waals surface area contributed by atoms with E-state index in [-0.39, 0.29) is 22.3 Å². The third-order valence-corrected chi connectivity index (χ3v) is 6.56. The fraction of sp³-hybridized carbons (Fsp3) is 0.310. The first-order valence-electron chi connectivity index (χ1n) is 11.9. The first kappa shape index (κ1) is 25.1. The van der Waals surface area contributed by atoms with Gasteiger partial charge in [-0.3, -0.25) is 0 Å². The van der Waals surface area contributed by atoms with E-state index < -0.39 is 40.8 Å². The highest BCUT2D eigenvalue weighted by molar-refractivity contribution is 5.73. The molecule has 1 heterocycles. The second-order valence-corrected chi connectivity index (χ2v) is 8.91. The van der Waals surface area contributed by atoms with Gasteiger partial charge in [0.1, 0.15) is 5.82 Å². The van der Waals surface area contributed by atoms with Crippen LogP contribution in [0.3, 0.4) is 0 Å². The molecule has 3 aromatic carbocycles. The molecule has 1 fully saturated rings. The minimum absolute atomic E-state index is 0.0791. The largest absolute Gasteiger partial charge is 0.373 e. The smallest absolute Gasteiger partial charge is 0.167 e. The molecule has 0 amide bonds. The molecule has 0 bridgehead atoms. The highest BCUT2D eigenvalue weighted by Crippen LogP contribution is 2.38. The lowest BCUT2D eigenvalue weighted by molar-refractivity contribution is -0.0214.